The summed E-state index contributed by atoms with van der Waals surface area (Å²) < 4.78 is 5.90. The number of carbonyl (C=O) groups excluding carboxylic acids is 1. The molecule has 1 aromatic heterocycles. The van der Waals surface area contributed by atoms with Gasteiger partial charge in [-0.25, -0.2) is 9.97 Å². The molecular weight excluding hydrogens is 376 g/mol. The zero-order chi connectivity index (χ0) is 20.8. The predicted molar refractivity (Wildman–Crippen MR) is 117 cm³/mol. The maximum absolute atomic E-state index is 12.8. The van der Waals surface area contributed by atoms with Gasteiger partial charge < -0.3 is 15.4 Å². The van der Waals surface area contributed by atoms with Crippen LogP contribution in [0.1, 0.15) is 16.1 Å². The number of nitrogens with one attached hydrogen (secondary N) is 2. The Morgan fingerprint density at radius 3 is 2.53 bits per heavy atom. The summed E-state index contributed by atoms with van der Waals surface area (Å²) >= 11 is 0. The highest BCUT2D eigenvalue weighted by Gasteiger charge is 2.13. The van der Waals surface area contributed by atoms with E-state index in [9.17, 15) is 4.79 Å². The molecule has 0 saturated carbocycles. The number of benzene rings is 3. The van der Waals surface area contributed by atoms with E-state index in [4.69, 9.17) is 4.74 Å². The molecule has 1 amide bonds. The summed E-state index contributed by atoms with van der Waals surface area (Å²) in [7, 11) is 0. The molecule has 6 heteroatoms. The number of hydrogen-bond donors (Lipinski definition) is 2. The largest absolute Gasteiger partial charge is 0.455 e. The predicted octanol–water partition coefficient (Wildman–Crippen LogP) is 5.57. The van der Waals surface area contributed by atoms with Crippen LogP contribution < -0.4 is 15.4 Å². The SMILES string of the molecule is Cc1cccc(Nc2nccc(C(=O)Nc3ccccc3Oc3ccccc3)n2)c1. The molecule has 1 heterocycles. The van der Waals surface area contributed by atoms with Crippen molar-refractivity contribution in [1.29, 1.82) is 0 Å². The topological polar surface area (TPSA) is 76.1 Å². The van der Waals surface area contributed by atoms with E-state index in [0.717, 1.165) is 11.3 Å². The minimum Gasteiger partial charge on any atom is -0.455 e. The number of aromatic nitrogens is 2. The van der Waals surface area contributed by atoms with Crippen LogP contribution in [0.5, 0.6) is 11.5 Å². The molecule has 6 nitrogen and oxygen atoms in total. The summed E-state index contributed by atoms with van der Waals surface area (Å²) in [6.45, 7) is 2.00. The summed E-state index contributed by atoms with van der Waals surface area (Å²) in [5.41, 5.74) is 2.77. The van der Waals surface area contributed by atoms with Crippen LogP contribution in [0.3, 0.4) is 0 Å². The molecule has 0 radical (unpaired) electrons. The average molecular weight is 396 g/mol. The molecule has 4 rings (SSSR count). The number of anilines is 3. The van der Waals surface area contributed by atoms with Gasteiger partial charge in [0.25, 0.3) is 5.91 Å². The van der Waals surface area contributed by atoms with E-state index in [-0.39, 0.29) is 11.6 Å². The maximum atomic E-state index is 12.8. The van der Waals surface area contributed by atoms with E-state index < -0.39 is 0 Å². The molecular formula is C24H20N4O2. The van der Waals surface area contributed by atoms with Crippen LogP contribution in [0, 0.1) is 6.92 Å². The Bertz CT molecular complexity index is 1160. The van der Waals surface area contributed by atoms with Crippen molar-refractivity contribution >= 4 is 23.2 Å². The molecule has 0 aliphatic heterocycles. The number of rotatable bonds is 6. The molecule has 148 valence electrons. The second-order valence-electron chi connectivity index (χ2n) is 6.63. The quantitative estimate of drug-likeness (QED) is 0.445. The van der Waals surface area contributed by atoms with Crippen molar-refractivity contribution in [2.45, 2.75) is 6.92 Å². The van der Waals surface area contributed by atoms with Crippen LogP contribution in [0.25, 0.3) is 0 Å². The van der Waals surface area contributed by atoms with Crippen LogP contribution >= 0.6 is 0 Å². The minimum atomic E-state index is -0.353. The first kappa shape index (κ1) is 19.1. The van der Waals surface area contributed by atoms with E-state index in [1.807, 2.05) is 73.7 Å². The van der Waals surface area contributed by atoms with E-state index >= 15 is 0 Å². The van der Waals surface area contributed by atoms with Crippen molar-refractivity contribution in [3.05, 3.63) is 102 Å². The van der Waals surface area contributed by atoms with Gasteiger partial charge in [-0.2, -0.15) is 0 Å². The summed E-state index contributed by atoms with van der Waals surface area (Å²) in [6.07, 6.45) is 1.55. The lowest BCUT2D eigenvalue weighted by atomic mass is 10.2. The first-order valence-corrected chi connectivity index (χ1v) is 9.47. The van der Waals surface area contributed by atoms with Gasteiger partial charge in [0, 0.05) is 11.9 Å². The number of ether oxygens (including phenoxy) is 1. The molecule has 0 bridgehead atoms. The molecule has 0 spiro atoms. The monoisotopic (exact) mass is 396 g/mol. The number of amides is 1. The van der Waals surface area contributed by atoms with E-state index in [2.05, 4.69) is 20.6 Å². The fourth-order valence-corrected chi connectivity index (χ4v) is 2.86. The van der Waals surface area contributed by atoms with Crippen LogP contribution in [-0.4, -0.2) is 15.9 Å². The Labute approximate surface area is 174 Å². The van der Waals surface area contributed by atoms with Crippen LogP contribution in [0.2, 0.25) is 0 Å². The standard InChI is InChI=1S/C24H20N4O2/c1-17-8-7-9-18(16-17)26-24-25-15-14-21(28-24)23(29)27-20-12-5-6-13-22(20)30-19-10-3-2-4-11-19/h2-16H,1H3,(H,27,29)(H,25,26,28). The lowest BCUT2D eigenvalue weighted by Gasteiger charge is -2.12. The molecule has 3 aromatic carbocycles. The van der Waals surface area contributed by atoms with Crippen molar-refractivity contribution in [2.75, 3.05) is 10.6 Å². The summed E-state index contributed by atoms with van der Waals surface area (Å²) in [4.78, 5) is 21.3. The van der Waals surface area contributed by atoms with Crippen LogP contribution in [0.4, 0.5) is 17.3 Å². The highest BCUT2D eigenvalue weighted by atomic mass is 16.5. The van der Waals surface area contributed by atoms with Gasteiger partial charge in [0.15, 0.2) is 5.75 Å². The molecule has 4 aromatic rings. The van der Waals surface area contributed by atoms with E-state index in [1.54, 1.807) is 24.4 Å². The molecule has 2 N–H and O–H groups in total. The van der Waals surface area contributed by atoms with Gasteiger partial charge in [-0.1, -0.05) is 42.5 Å². The van der Waals surface area contributed by atoms with Crippen molar-refractivity contribution in [3.8, 4) is 11.5 Å². The van der Waals surface area contributed by atoms with Crippen molar-refractivity contribution in [3.63, 3.8) is 0 Å². The lowest BCUT2D eigenvalue weighted by Crippen LogP contribution is -2.15. The lowest BCUT2D eigenvalue weighted by molar-refractivity contribution is 0.102. The third-order valence-corrected chi connectivity index (χ3v) is 4.27. The average Bonchev–Trinajstić information content (AvgIpc) is 2.76. The molecule has 30 heavy (non-hydrogen) atoms. The van der Waals surface area contributed by atoms with Gasteiger partial charge in [-0.05, 0) is 55.0 Å². The fourth-order valence-electron chi connectivity index (χ4n) is 2.86. The smallest absolute Gasteiger partial charge is 0.274 e. The first-order chi connectivity index (χ1) is 14.7. The minimum absolute atomic E-state index is 0.245. The Hall–Kier alpha value is -4.19. The summed E-state index contributed by atoms with van der Waals surface area (Å²) in [5.74, 6) is 1.23. The van der Waals surface area contributed by atoms with E-state index in [1.165, 1.54) is 0 Å². The summed E-state index contributed by atoms with van der Waals surface area (Å²) in [6, 6.07) is 26.1. The third-order valence-electron chi connectivity index (χ3n) is 4.27. The van der Waals surface area contributed by atoms with Gasteiger partial charge in [-0.3, -0.25) is 4.79 Å². The maximum Gasteiger partial charge on any atom is 0.274 e. The van der Waals surface area contributed by atoms with Crippen molar-refractivity contribution < 1.29 is 9.53 Å². The molecule has 0 saturated heterocycles. The van der Waals surface area contributed by atoms with Gasteiger partial charge >= 0.3 is 0 Å². The highest BCUT2D eigenvalue weighted by Crippen LogP contribution is 2.29. The molecule has 0 unspecified atom stereocenters. The normalized spacial score (nSPS) is 10.3. The molecule has 0 aliphatic rings. The molecule has 0 aliphatic carbocycles. The second-order valence-corrected chi connectivity index (χ2v) is 6.63. The number of carbonyl (C=O) groups is 1. The van der Waals surface area contributed by atoms with Gasteiger partial charge in [0.05, 0.1) is 5.69 Å². The molecule has 0 atom stereocenters. The number of aryl methyl sites for hydroxylation is 1. The zero-order valence-corrected chi connectivity index (χ0v) is 16.4. The first-order valence-electron chi connectivity index (χ1n) is 9.47. The Morgan fingerprint density at radius 2 is 1.70 bits per heavy atom. The van der Waals surface area contributed by atoms with Gasteiger partial charge in [-0.15, -0.1) is 0 Å². The van der Waals surface area contributed by atoms with Crippen LogP contribution in [-0.2, 0) is 0 Å². The van der Waals surface area contributed by atoms with E-state index in [0.29, 0.717) is 23.1 Å². The second kappa shape index (κ2) is 8.87. The fraction of sp³-hybridized carbons (Fsp3) is 0.0417. The van der Waals surface area contributed by atoms with Crippen LogP contribution in [0.15, 0.2) is 91.1 Å². The van der Waals surface area contributed by atoms with Crippen molar-refractivity contribution in [2.24, 2.45) is 0 Å². The summed E-state index contributed by atoms with van der Waals surface area (Å²) in [5, 5.41) is 5.99. The Kier molecular flexibility index (Phi) is 5.66. The number of para-hydroxylation sites is 3. The Morgan fingerprint density at radius 1 is 0.900 bits per heavy atom. The highest BCUT2D eigenvalue weighted by molar-refractivity contribution is 6.03. The number of nitrogens with zero attached hydrogens (tertiary/aromatic N) is 2. The van der Waals surface area contributed by atoms with Crippen molar-refractivity contribution in [1.82, 2.24) is 9.97 Å². The van der Waals surface area contributed by atoms with Gasteiger partial charge in [0.1, 0.15) is 11.4 Å². The Balaban J connectivity index is 1.51. The molecule has 0 fully saturated rings. The zero-order valence-electron chi connectivity index (χ0n) is 16.4. The third kappa shape index (κ3) is 4.80. The van der Waals surface area contributed by atoms with Gasteiger partial charge in [0.2, 0.25) is 5.95 Å². The number of hydrogen-bond acceptors (Lipinski definition) is 5.